The first kappa shape index (κ1) is 21.4. The summed E-state index contributed by atoms with van der Waals surface area (Å²) in [5.41, 5.74) is 1.87. The summed E-state index contributed by atoms with van der Waals surface area (Å²) in [6.07, 6.45) is 2.25. The highest BCUT2D eigenvalue weighted by molar-refractivity contribution is 6.09. The van der Waals surface area contributed by atoms with Crippen LogP contribution in [0.3, 0.4) is 0 Å². The van der Waals surface area contributed by atoms with E-state index < -0.39 is 17.7 Å². The predicted molar refractivity (Wildman–Crippen MR) is 119 cm³/mol. The lowest BCUT2D eigenvalue weighted by Crippen LogP contribution is -2.30. The molecule has 3 aromatic rings. The van der Waals surface area contributed by atoms with Gasteiger partial charge >= 0.3 is 0 Å². The highest BCUT2D eigenvalue weighted by Gasteiger charge is 2.43. The van der Waals surface area contributed by atoms with E-state index in [0.29, 0.717) is 24.5 Å². The molecule has 2 aromatic carbocycles. The van der Waals surface area contributed by atoms with Gasteiger partial charge in [0.25, 0.3) is 5.91 Å². The zero-order chi connectivity index (χ0) is 22.5. The van der Waals surface area contributed by atoms with Crippen molar-refractivity contribution in [2.45, 2.75) is 32.4 Å². The summed E-state index contributed by atoms with van der Waals surface area (Å²) in [5, 5.41) is 10.7. The van der Waals surface area contributed by atoms with Crippen LogP contribution in [0.2, 0.25) is 0 Å². The van der Waals surface area contributed by atoms with Crippen molar-refractivity contribution in [3.63, 3.8) is 0 Å². The molecule has 1 aliphatic rings. The summed E-state index contributed by atoms with van der Waals surface area (Å²) in [6.45, 7) is 2.58. The van der Waals surface area contributed by atoms with Gasteiger partial charge in [0.05, 0.1) is 31.0 Å². The Morgan fingerprint density at radius 1 is 1.06 bits per heavy atom. The number of ether oxygens (including phenoxy) is 1. The second-order valence-electron chi connectivity index (χ2n) is 7.59. The van der Waals surface area contributed by atoms with Crippen molar-refractivity contribution < 1.29 is 23.8 Å². The minimum atomic E-state index is -0.702. The average Bonchev–Trinajstić information content (AvgIpc) is 3.41. The van der Waals surface area contributed by atoms with E-state index >= 15 is 0 Å². The molecular weight excluding hydrogens is 406 g/mol. The molecule has 6 nitrogen and oxygen atoms in total. The summed E-state index contributed by atoms with van der Waals surface area (Å²) in [5.74, 6) is -0.0548. The first-order valence-electron chi connectivity index (χ1n) is 10.6. The van der Waals surface area contributed by atoms with E-state index in [1.165, 1.54) is 11.2 Å². The molecule has 1 aliphatic heterocycles. The summed E-state index contributed by atoms with van der Waals surface area (Å²) >= 11 is 0. The minimum Gasteiger partial charge on any atom is -0.503 e. The highest BCUT2D eigenvalue weighted by atomic mass is 16.5. The molecule has 2 heterocycles. The smallest absolute Gasteiger partial charge is 0.290 e. The molecule has 0 fully saturated rings. The van der Waals surface area contributed by atoms with Crippen LogP contribution >= 0.6 is 0 Å². The molecule has 0 radical (unpaired) electrons. The van der Waals surface area contributed by atoms with Gasteiger partial charge in [0.1, 0.15) is 11.5 Å². The topological polar surface area (TPSA) is 80.0 Å². The van der Waals surface area contributed by atoms with Crippen molar-refractivity contribution in [3.05, 3.63) is 101 Å². The van der Waals surface area contributed by atoms with Crippen LogP contribution in [0.5, 0.6) is 5.75 Å². The van der Waals surface area contributed by atoms with Crippen molar-refractivity contribution in [2.24, 2.45) is 0 Å². The number of amides is 1. The standard InChI is InChI=1S/C26H25NO5/c1-2-31-20-13-11-19(12-14-20)24-23(22(28)15-10-18-7-4-3-5-8-18)25(29)26(30)27(24)17-21-9-6-16-32-21/h3-9,11-14,16,24,29H,2,10,15,17H2,1H3. The molecule has 0 saturated heterocycles. The van der Waals surface area contributed by atoms with Crippen LogP contribution in [0.1, 0.15) is 36.3 Å². The Labute approximate surface area is 186 Å². The Kier molecular flexibility index (Phi) is 6.40. The Hall–Kier alpha value is -3.80. The van der Waals surface area contributed by atoms with Crippen LogP contribution < -0.4 is 4.74 Å². The number of nitrogens with zero attached hydrogens (tertiary/aromatic N) is 1. The Morgan fingerprint density at radius 2 is 1.81 bits per heavy atom. The largest absolute Gasteiger partial charge is 0.503 e. The van der Waals surface area contributed by atoms with E-state index in [0.717, 1.165) is 11.1 Å². The first-order valence-corrected chi connectivity index (χ1v) is 10.6. The van der Waals surface area contributed by atoms with Gasteiger partial charge in [-0.2, -0.15) is 0 Å². The molecule has 1 N–H and O–H groups in total. The second kappa shape index (κ2) is 9.56. The van der Waals surface area contributed by atoms with E-state index in [1.54, 1.807) is 24.3 Å². The van der Waals surface area contributed by atoms with Crippen molar-refractivity contribution in [3.8, 4) is 5.75 Å². The van der Waals surface area contributed by atoms with Gasteiger partial charge in [-0.25, -0.2) is 0 Å². The van der Waals surface area contributed by atoms with Gasteiger partial charge in [0, 0.05) is 6.42 Å². The van der Waals surface area contributed by atoms with Crippen LogP contribution in [0.15, 0.2) is 88.7 Å². The summed E-state index contributed by atoms with van der Waals surface area (Å²) in [7, 11) is 0. The Bertz CT molecular complexity index is 1100. The van der Waals surface area contributed by atoms with E-state index in [9.17, 15) is 14.7 Å². The number of ketones is 1. The van der Waals surface area contributed by atoms with E-state index in [4.69, 9.17) is 9.15 Å². The van der Waals surface area contributed by atoms with Crippen molar-refractivity contribution in [1.82, 2.24) is 4.90 Å². The van der Waals surface area contributed by atoms with Crippen LogP contribution in [0.4, 0.5) is 0 Å². The van der Waals surface area contributed by atoms with Gasteiger partial charge in [-0.1, -0.05) is 42.5 Å². The summed E-state index contributed by atoms with van der Waals surface area (Å²) in [6, 6.07) is 19.7. The van der Waals surface area contributed by atoms with Crippen LogP contribution in [-0.2, 0) is 22.6 Å². The lowest BCUT2D eigenvalue weighted by Gasteiger charge is -2.26. The molecule has 6 heteroatoms. The Morgan fingerprint density at radius 3 is 2.47 bits per heavy atom. The van der Waals surface area contributed by atoms with Gasteiger partial charge in [-0.05, 0) is 48.7 Å². The summed E-state index contributed by atoms with van der Waals surface area (Å²) in [4.78, 5) is 27.7. The highest BCUT2D eigenvalue weighted by Crippen LogP contribution is 2.39. The molecule has 0 spiro atoms. The number of hydrogen-bond donors (Lipinski definition) is 1. The number of Topliss-reactive ketones (excluding diaryl/α,β-unsaturated/α-hetero) is 1. The number of carbonyl (C=O) groups is 2. The minimum absolute atomic E-state index is 0.127. The molecule has 1 amide bonds. The van der Waals surface area contributed by atoms with Crippen molar-refractivity contribution >= 4 is 11.7 Å². The molecule has 32 heavy (non-hydrogen) atoms. The number of rotatable bonds is 9. The number of hydrogen-bond acceptors (Lipinski definition) is 5. The zero-order valence-corrected chi connectivity index (χ0v) is 17.9. The SMILES string of the molecule is CCOc1ccc(C2C(C(=O)CCc3ccccc3)=C(O)C(=O)N2Cc2ccco2)cc1. The van der Waals surface area contributed by atoms with Crippen LogP contribution in [0.25, 0.3) is 0 Å². The van der Waals surface area contributed by atoms with Gasteiger partial charge < -0.3 is 19.2 Å². The fourth-order valence-electron chi connectivity index (χ4n) is 3.97. The van der Waals surface area contributed by atoms with Crippen LogP contribution in [0, 0.1) is 0 Å². The maximum Gasteiger partial charge on any atom is 0.290 e. The number of aliphatic hydroxyl groups is 1. The number of benzene rings is 2. The first-order chi connectivity index (χ1) is 15.6. The third-order valence-electron chi connectivity index (χ3n) is 5.50. The fourth-order valence-corrected chi connectivity index (χ4v) is 3.97. The molecule has 1 aromatic heterocycles. The lowest BCUT2D eigenvalue weighted by molar-refractivity contribution is -0.130. The third kappa shape index (κ3) is 4.44. The van der Waals surface area contributed by atoms with Gasteiger partial charge in [-0.15, -0.1) is 0 Å². The van der Waals surface area contributed by atoms with Gasteiger partial charge in [0.15, 0.2) is 11.5 Å². The Balaban J connectivity index is 1.64. The van der Waals surface area contributed by atoms with E-state index in [-0.39, 0.29) is 24.3 Å². The van der Waals surface area contributed by atoms with E-state index in [2.05, 4.69) is 0 Å². The fraction of sp³-hybridized carbons (Fsp3) is 0.231. The monoisotopic (exact) mass is 431 g/mol. The maximum atomic E-state index is 13.2. The third-order valence-corrected chi connectivity index (χ3v) is 5.50. The summed E-state index contributed by atoms with van der Waals surface area (Å²) < 4.78 is 10.9. The normalized spacial score (nSPS) is 16.0. The van der Waals surface area contributed by atoms with E-state index in [1.807, 2.05) is 49.4 Å². The second-order valence-corrected chi connectivity index (χ2v) is 7.59. The van der Waals surface area contributed by atoms with Gasteiger partial charge in [0.2, 0.25) is 0 Å². The zero-order valence-electron chi connectivity index (χ0n) is 17.9. The molecule has 1 unspecified atom stereocenters. The van der Waals surface area contributed by atoms with Gasteiger partial charge in [-0.3, -0.25) is 9.59 Å². The number of furan rings is 1. The van der Waals surface area contributed by atoms with Crippen molar-refractivity contribution in [2.75, 3.05) is 6.61 Å². The number of aliphatic hydroxyl groups excluding tert-OH is 1. The maximum absolute atomic E-state index is 13.2. The number of carbonyl (C=O) groups excluding carboxylic acids is 2. The molecule has 4 rings (SSSR count). The molecular formula is C26H25NO5. The molecule has 1 atom stereocenters. The average molecular weight is 431 g/mol. The molecule has 0 aliphatic carbocycles. The number of aryl methyl sites for hydroxylation is 1. The quantitative estimate of drug-likeness (QED) is 0.528. The molecule has 0 saturated carbocycles. The van der Waals surface area contributed by atoms with Crippen LogP contribution in [-0.4, -0.2) is 28.3 Å². The van der Waals surface area contributed by atoms with Crippen molar-refractivity contribution in [1.29, 1.82) is 0 Å². The lowest BCUT2D eigenvalue weighted by atomic mass is 9.93. The molecule has 164 valence electrons. The molecule has 0 bridgehead atoms. The predicted octanol–water partition coefficient (Wildman–Crippen LogP) is 4.78.